The number of hydrogen-bond acceptors (Lipinski definition) is 3. The summed E-state index contributed by atoms with van der Waals surface area (Å²) >= 11 is 1.91. The van der Waals surface area contributed by atoms with E-state index in [2.05, 4.69) is 0 Å². The van der Waals surface area contributed by atoms with E-state index >= 15 is 0 Å². The minimum Gasteiger partial charge on any atom is -0.477 e. The second-order valence-corrected chi connectivity index (χ2v) is 4.25. The third kappa shape index (κ3) is 1.93. The first-order valence-corrected chi connectivity index (χ1v) is 4.35. The van der Waals surface area contributed by atoms with Crippen LogP contribution in [0.2, 0.25) is 0 Å². The molecule has 0 amide bonds. The number of aliphatic hydroxyl groups excluding tert-OH is 1. The maximum absolute atomic E-state index is 11.0. The van der Waals surface area contributed by atoms with Crippen LogP contribution in [0.4, 0.5) is 0 Å². The van der Waals surface area contributed by atoms with Crippen molar-refractivity contribution in [1.29, 1.82) is 0 Å². The maximum atomic E-state index is 11.0. The first kappa shape index (κ1) is 8.99. The SMILES string of the molecule is CC(=O)[C@]1(I)C[C@H](O)C=CO1. The Balaban J connectivity index is 2.75. The first-order chi connectivity index (χ1) is 5.04. The number of carbonyl (C=O) groups excluding carboxylic acids is 1. The fourth-order valence-corrected chi connectivity index (χ4v) is 1.45. The molecule has 0 saturated carbocycles. The largest absolute Gasteiger partial charge is 0.477 e. The number of alkyl halides is 1. The number of aliphatic hydroxyl groups is 1. The summed E-state index contributed by atoms with van der Waals surface area (Å²) in [6.07, 6.45) is 2.67. The molecule has 0 bridgehead atoms. The molecule has 1 rings (SSSR count). The van der Waals surface area contributed by atoms with Gasteiger partial charge in [-0.05, 0) is 35.6 Å². The highest BCUT2D eigenvalue weighted by Gasteiger charge is 2.37. The summed E-state index contributed by atoms with van der Waals surface area (Å²) in [6.45, 7) is 1.46. The Morgan fingerprint density at radius 3 is 2.91 bits per heavy atom. The van der Waals surface area contributed by atoms with E-state index in [4.69, 9.17) is 9.84 Å². The number of ketones is 1. The van der Waals surface area contributed by atoms with Gasteiger partial charge in [-0.3, -0.25) is 4.79 Å². The molecular formula is C7H9IO3. The zero-order valence-corrected chi connectivity index (χ0v) is 8.24. The summed E-state index contributed by atoms with van der Waals surface area (Å²) in [5.41, 5.74) is 0. The van der Waals surface area contributed by atoms with Gasteiger partial charge in [0.15, 0.2) is 5.78 Å². The lowest BCUT2D eigenvalue weighted by atomic mass is 10.1. The second kappa shape index (κ2) is 3.10. The number of hydrogen-bond donors (Lipinski definition) is 1. The third-order valence-electron chi connectivity index (χ3n) is 1.55. The number of ether oxygens (including phenoxy) is 1. The molecule has 1 aliphatic heterocycles. The fourth-order valence-electron chi connectivity index (χ4n) is 0.850. The number of halogens is 1. The van der Waals surface area contributed by atoms with E-state index in [0.717, 1.165) is 0 Å². The van der Waals surface area contributed by atoms with Crippen LogP contribution in [0, 0.1) is 0 Å². The summed E-state index contributed by atoms with van der Waals surface area (Å²) in [7, 11) is 0. The molecule has 0 aliphatic carbocycles. The quantitative estimate of drug-likeness (QED) is 0.570. The predicted octanol–water partition coefficient (Wildman–Crippen LogP) is 1.00. The molecule has 1 heterocycles. The molecule has 0 aromatic carbocycles. The Kier molecular flexibility index (Phi) is 2.54. The Morgan fingerprint density at radius 1 is 1.91 bits per heavy atom. The molecule has 1 aliphatic rings. The molecule has 1 N–H and O–H groups in total. The summed E-state index contributed by atoms with van der Waals surface area (Å²) in [5.74, 6) is -0.0681. The molecule has 62 valence electrons. The molecule has 4 heteroatoms. The lowest BCUT2D eigenvalue weighted by Crippen LogP contribution is -2.37. The lowest BCUT2D eigenvalue weighted by molar-refractivity contribution is -0.128. The van der Waals surface area contributed by atoms with Crippen LogP contribution in [0.25, 0.3) is 0 Å². The maximum Gasteiger partial charge on any atom is 0.218 e. The smallest absolute Gasteiger partial charge is 0.218 e. The first-order valence-electron chi connectivity index (χ1n) is 3.27. The molecule has 0 spiro atoms. The van der Waals surface area contributed by atoms with Crippen LogP contribution in [-0.4, -0.2) is 20.6 Å². The molecule has 3 nitrogen and oxygen atoms in total. The van der Waals surface area contributed by atoms with Crippen LogP contribution >= 0.6 is 22.6 Å². The molecule has 0 aromatic rings. The van der Waals surface area contributed by atoms with Gasteiger partial charge in [0, 0.05) is 6.42 Å². The van der Waals surface area contributed by atoms with Crippen molar-refractivity contribution in [2.24, 2.45) is 0 Å². The predicted molar refractivity (Wildman–Crippen MR) is 48.3 cm³/mol. The molecule has 2 atom stereocenters. The normalized spacial score (nSPS) is 36.5. The van der Waals surface area contributed by atoms with Gasteiger partial charge in [-0.15, -0.1) is 0 Å². The fraction of sp³-hybridized carbons (Fsp3) is 0.571. The Hall–Kier alpha value is -0.100. The number of rotatable bonds is 1. The van der Waals surface area contributed by atoms with Crippen LogP contribution in [0.3, 0.4) is 0 Å². The van der Waals surface area contributed by atoms with Gasteiger partial charge in [-0.2, -0.15) is 0 Å². The summed E-state index contributed by atoms with van der Waals surface area (Å²) in [5, 5.41) is 9.17. The molecule has 0 fully saturated rings. The van der Waals surface area contributed by atoms with Crippen molar-refractivity contribution in [3.63, 3.8) is 0 Å². The van der Waals surface area contributed by atoms with Crippen molar-refractivity contribution in [2.45, 2.75) is 23.1 Å². The van der Waals surface area contributed by atoms with Gasteiger partial charge in [0.1, 0.15) is 0 Å². The van der Waals surface area contributed by atoms with Crippen LogP contribution in [-0.2, 0) is 9.53 Å². The van der Waals surface area contributed by atoms with Crippen molar-refractivity contribution in [3.8, 4) is 0 Å². The molecule has 0 aromatic heterocycles. The van der Waals surface area contributed by atoms with Crippen LogP contribution in [0.5, 0.6) is 0 Å². The minimum atomic E-state index is -0.855. The van der Waals surface area contributed by atoms with Crippen molar-refractivity contribution >= 4 is 28.4 Å². The van der Waals surface area contributed by atoms with E-state index < -0.39 is 9.71 Å². The highest BCUT2D eigenvalue weighted by molar-refractivity contribution is 14.1. The van der Waals surface area contributed by atoms with Crippen molar-refractivity contribution in [1.82, 2.24) is 0 Å². The Morgan fingerprint density at radius 2 is 2.55 bits per heavy atom. The summed E-state index contributed by atoms with van der Waals surface area (Å²) in [4.78, 5) is 11.0. The van der Waals surface area contributed by atoms with Gasteiger partial charge in [0.2, 0.25) is 3.61 Å². The second-order valence-electron chi connectivity index (χ2n) is 2.50. The van der Waals surface area contributed by atoms with E-state index in [9.17, 15) is 4.79 Å². The number of carbonyl (C=O) groups is 1. The van der Waals surface area contributed by atoms with E-state index in [-0.39, 0.29) is 5.78 Å². The molecule has 0 unspecified atom stereocenters. The molecular weight excluding hydrogens is 259 g/mol. The van der Waals surface area contributed by atoms with Gasteiger partial charge in [-0.1, -0.05) is 0 Å². The van der Waals surface area contributed by atoms with E-state index in [0.29, 0.717) is 6.42 Å². The topological polar surface area (TPSA) is 46.5 Å². The average molecular weight is 268 g/mol. The van der Waals surface area contributed by atoms with Crippen molar-refractivity contribution in [3.05, 3.63) is 12.3 Å². The highest BCUT2D eigenvalue weighted by atomic mass is 127. The molecule has 0 radical (unpaired) electrons. The van der Waals surface area contributed by atoms with Gasteiger partial charge in [0.25, 0.3) is 0 Å². The van der Waals surface area contributed by atoms with Crippen LogP contribution in [0.15, 0.2) is 12.3 Å². The van der Waals surface area contributed by atoms with Gasteiger partial charge < -0.3 is 9.84 Å². The van der Waals surface area contributed by atoms with E-state index in [1.165, 1.54) is 19.3 Å². The monoisotopic (exact) mass is 268 g/mol. The van der Waals surface area contributed by atoms with E-state index in [1.807, 2.05) is 22.6 Å². The Bertz CT molecular complexity index is 202. The average Bonchev–Trinajstić information content (AvgIpc) is 1.86. The summed E-state index contributed by atoms with van der Waals surface area (Å²) < 4.78 is 4.24. The van der Waals surface area contributed by atoms with Crippen molar-refractivity contribution < 1.29 is 14.6 Å². The van der Waals surface area contributed by atoms with Gasteiger partial charge >= 0.3 is 0 Å². The molecule has 0 saturated heterocycles. The zero-order valence-electron chi connectivity index (χ0n) is 6.08. The van der Waals surface area contributed by atoms with Gasteiger partial charge in [0.05, 0.1) is 12.4 Å². The Labute approximate surface area is 78.6 Å². The molecule has 11 heavy (non-hydrogen) atoms. The number of Topliss-reactive ketones (excluding diaryl/α,β-unsaturated/α-hetero) is 1. The third-order valence-corrected chi connectivity index (χ3v) is 3.01. The standard InChI is InChI=1S/C7H9IO3/c1-5(9)7(8)4-6(10)2-3-11-7/h2-3,6,10H,4H2,1H3/t6-,7+/m1/s1. The van der Waals surface area contributed by atoms with Crippen molar-refractivity contribution in [2.75, 3.05) is 0 Å². The highest BCUT2D eigenvalue weighted by Crippen LogP contribution is 2.31. The minimum absolute atomic E-state index is 0.0681. The lowest BCUT2D eigenvalue weighted by Gasteiger charge is -2.28. The van der Waals surface area contributed by atoms with E-state index in [1.54, 1.807) is 0 Å². The zero-order chi connectivity index (χ0) is 8.48. The van der Waals surface area contributed by atoms with Crippen LogP contribution < -0.4 is 0 Å². The summed E-state index contributed by atoms with van der Waals surface area (Å²) in [6, 6.07) is 0. The van der Waals surface area contributed by atoms with Crippen LogP contribution in [0.1, 0.15) is 13.3 Å². The van der Waals surface area contributed by atoms with Gasteiger partial charge in [-0.25, -0.2) is 0 Å².